The Hall–Kier alpha value is -6.03. The lowest BCUT2D eigenvalue weighted by molar-refractivity contribution is -0.135. The van der Waals surface area contributed by atoms with Gasteiger partial charge in [0, 0.05) is 94.3 Å². The number of ether oxygens (including phenoxy) is 1. The van der Waals surface area contributed by atoms with Crippen LogP contribution in [-0.4, -0.2) is 125 Å². The highest BCUT2D eigenvalue weighted by Gasteiger charge is 2.27. The molecule has 6 amide bonds. The van der Waals surface area contributed by atoms with Gasteiger partial charge in [0.05, 0.1) is 0 Å². The number of hydrogen-bond acceptors (Lipinski definition) is 10. The van der Waals surface area contributed by atoms with Gasteiger partial charge in [-0.25, -0.2) is 9.78 Å². The fourth-order valence-electron chi connectivity index (χ4n) is 7.58. The van der Waals surface area contributed by atoms with Crippen LogP contribution in [0.2, 0.25) is 0 Å². The molecule has 3 fully saturated rings. The van der Waals surface area contributed by atoms with Gasteiger partial charge in [-0.15, -0.1) is 0 Å². The van der Waals surface area contributed by atoms with Crippen molar-refractivity contribution in [1.82, 2.24) is 39.9 Å². The third kappa shape index (κ3) is 9.51. The standard InChI is InChI=1S/C41H50N10O6/c1-47(2)39(55)34-25-29-26-43-40(46-37(29)51(34)32-7-3-4-8-32)44-30-11-9-28(10-12-30)38(54)42-18-5-6-19-48-21-23-49(24-22-48)36(53)27-57-33-15-13-31(14-16-33)50-20-17-35(52)45-41(50)56/h9-16,25-26,32H,3-8,17-24,27H2,1-2H3,(H,42,54)(H,43,44,46)(H,45,52,56). The molecule has 7 rings (SSSR count). The molecule has 0 atom stereocenters. The molecule has 0 spiro atoms. The molecule has 1 saturated carbocycles. The molecule has 0 unspecified atom stereocenters. The van der Waals surface area contributed by atoms with E-state index in [0.717, 1.165) is 74.9 Å². The number of amides is 6. The molecule has 3 N–H and O–H groups in total. The van der Waals surface area contributed by atoms with Crippen LogP contribution in [0.1, 0.15) is 71.8 Å². The van der Waals surface area contributed by atoms with Gasteiger partial charge in [0.25, 0.3) is 17.7 Å². The number of carbonyl (C=O) groups excluding carboxylic acids is 5. The Morgan fingerprint density at radius 3 is 2.37 bits per heavy atom. The molecule has 300 valence electrons. The van der Waals surface area contributed by atoms with E-state index in [0.29, 0.717) is 54.8 Å². The van der Waals surface area contributed by atoms with E-state index >= 15 is 0 Å². The smallest absolute Gasteiger partial charge is 0.328 e. The molecule has 57 heavy (non-hydrogen) atoms. The summed E-state index contributed by atoms with van der Waals surface area (Å²) < 4.78 is 7.81. The predicted molar refractivity (Wildman–Crippen MR) is 215 cm³/mol. The Bertz CT molecular complexity index is 2090. The molecule has 16 nitrogen and oxygen atoms in total. The van der Waals surface area contributed by atoms with E-state index in [9.17, 15) is 24.0 Å². The number of aromatic nitrogens is 3. The summed E-state index contributed by atoms with van der Waals surface area (Å²) in [6.07, 6.45) is 8.05. The summed E-state index contributed by atoms with van der Waals surface area (Å²) in [6.45, 7) is 4.49. The molecule has 0 radical (unpaired) electrons. The van der Waals surface area contributed by atoms with Gasteiger partial charge in [-0.2, -0.15) is 4.98 Å². The summed E-state index contributed by atoms with van der Waals surface area (Å²) in [5.74, 6) is 0.408. The Balaban J connectivity index is 0.798. The summed E-state index contributed by atoms with van der Waals surface area (Å²) >= 11 is 0. The van der Waals surface area contributed by atoms with Crippen LogP contribution in [0.25, 0.3) is 11.0 Å². The molecule has 2 aromatic heterocycles. The van der Waals surface area contributed by atoms with Gasteiger partial charge in [0.1, 0.15) is 17.1 Å². The first-order valence-corrected chi connectivity index (χ1v) is 19.7. The Labute approximate surface area is 331 Å². The predicted octanol–water partition coefficient (Wildman–Crippen LogP) is 4.17. The van der Waals surface area contributed by atoms with Crippen molar-refractivity contribution in [3.05, 3.63) is 72.1 Å². The van der Waals surface area contributed by atoms with Crippen molar-refractivity contribution in [2.45, 2.75) is 51.0 Å². The Morgan fingerprint density at radius 2 is 1.67 bits per heavy atom. The van der Waals surface area contributed by atoms with Crippen LogP contribution in [0.4, 0.5) is 22.1 Å². The van der Waals surface area contributed by atoms with Crippen molar-refractivity contribution >= 4 is 58.0 Å². The summed E-state index contributed by atoms with van der Waals surface area (Å²) in [4.78, 5) is 78.7. The van der Waals surface area contributed by atoms with E-state index < -0.39 is 6.03 Å². The number of unbranched alkanes of at least 4 members (excludes halogenated alkanes) is 1. The van der Waals surface area contributed by atoms with Crippen molar-refractivity contribution in [3.63, 3.8) is 0 Å². The van der Waals surface area contributed by atoms with Gasteiger partial charge >= 0.3 is 6.03 Å². The normalized spacial score (nSPS) is 16.5. The minimum Gasteiger partial charge on any atom is -0.484 e. The van der Waals surface area contributed by atoms with Crippen LogP contribution in [0.15, 0.2) is 60.8 Å². The molecule has 16 heteroatoms. The molecule has 0 bridgehead atoms. The largest absolute Gasteiger partial charge is 0.484 e. The number of urea groups is 1. The maximum atomic E-state index is 13.0. The highest BCUT2D eigenvalue weighted by atomic mass is 16.5. The van der Waals surface area contributed by atoms with Crippen molar-refractivity contribution in [2.75, 3.05) is 76.7 Å². The van der Waals surface area contributed by atoms with Crippen LogP contribution in [0, 0.1) is 0 Å². The second-order valence-electron chi connectivity index (χ2n) is 14.9. The third-order valence-corrected chi connectivity index (χ3v) is 10.8. The fourth-order valence-corrected chi connectivity index (χ4v) is 7.58. The van der Waals surface area contributed by atoms with E-state index in [2.05, 4.69) is 30.4 Å². The highest BCUT2D eigenvalue weighted by Crippen LogP contribution is 2.35. The molecule has 1 aliphatic carbocycles. The number of rotatable bonds is 14. The van der Waals surface area contributed by atoms with Gasteiger partial charge < -0.3 is 29.7 Å². The number of piperazine rings is 1. The lowest BCUT2D eigenvalue weighted by Gasteiger charge is -2.34. The van der Waals surface area contributed by atoms with Crippen LogP contribution >= 0.6 is 0 Å². The molecule has 4 aromatic rings. The number of anilines is 3. The number of nitrogens with one attached hydrogen (secondary N) is 3. The minimum atomic E-state index is -0.448. The zero-order valence-corrected chi connectivity index (χ0v) is 32.5. The first-order valence-electron chi connectivity index (χ1n) is 19.7. The molecular weight excluding hydrogens is 729 g/mol. The van der Waals surface area contributed by atoms with Gasteiger partial charge in [0.15, 0.2) is 6.61 Å². The van der Waals surface area contributed by atoms with Crippen LogP contribution in [0.5, 0.6) is 5.75 Å². The zero-order valence-electron chi connectivity index (χ0n) is 32.5. The van der Waals surface area contributed by atoms with Crippen LogP contribution in [-0.2, 0) is 9.59 Å². The molecular formula is C41H50N10O6. The second-order valence-corrected chi connectivity index (χ2v) is 14.9. The van der Waals surface area contributed by atoms with E-state index in [1.54, 1.807) is 61.6 Å². The van der Waals surface area contributed by atoms with Crippen LogP contribution < -0.4 is 25.6 Å². The van der Waals surface area contributed by atoms with E-state index in [1.165, 1.54) is 4.90 Å². The quantitative estimate of drug-likeness (QED) is 0.158. The minimum absolute atomic E-state index is 0.0502. The Morgan fingerprint density at radius 1 is 0.930 bits per heavy atom. The summed E-state index contributed by atoms with van der Waals surface area (Å²) in [6, 6.07) is 15.8. The zero-order chi connectivity index (χ0) is 39.9. The summed E-state index contributed by atoms with van der Waals surface area (Å²) in [5, 5.41) is 9.40. The van der Waals surface area contributed by atoms with Gasteiger partial charge in [-0.05, 0) is 86.8 Å². The average molecular weight is 779 g/mol. The van der Waals surface area contributed by atoms with Crippen molar-refractivity contribution < 1.29 is 28.7 Å². The van der Waals surface area contributed by atoms with E-state index in [4.69, 9.17) is 9.72 Å². The monoisotopic (exact) mass is 778 g/mol. The highest BCUT2D eigenvalue weighted by molar-refractivity contribution is 6.05. The van der Waals surface area contributed by atoms with Gasteiger partial charge in [-0.1, -0.05) is 12.8 Å². The summed E-state index contributed by atoms with van der Waals surface area (Å²) in [7, 11) is 3.52. The van der Waals surface area contributed by atoms with Crippen molar-refractivity contribution in [2.24, 2.45) is 0 Å². The van der Waals surface area contributed by atoms with Crippen molar-refractivity contribution in [3.8, 4) is 5.75 Å². The molecule has 3 aliphatic rings. The number of benzene rings is 2. The number of carbonyl (C=O) groups is 5. The average Bonchev–Trinajstić information content (AvgIpc) is 3.88. The second kappa shape index (κ2) is 17.8. The topological polar surface area (TPSA) is 174 Å². The number of imide groups is 1. The SMILES string of the molecule is CN(C)C(=O)c1cc2cnc(Nc3ccc(C(=O)NCCCCN4CCN(C(=O)COc5ccc(N6CCC(=O)NC6=O)cc5)CC4)cc3)nc2n1C1CCCC1. The maximum absolute atomic E-state index is 13.0. The number of nitrogens with zero attached hydrogens (tertiary/aromatic N) is 7. The molecule has 4 heterocycles. The lowest BCUT2D eigenvalue weighted by Crippen LogP contribution is -2.50. The first-order chi connectivity index (χ1) is 27.6. The molecule has 2 saturated heterocycles. The summed E-state index contributed by atoms with van der Waals surface area (Å²) in [5.41, 5.74) is 3.34. The van der Waals surface area contributed by atoms with Gasteiger partial charge in [0.2, 0.25) is 11.9 Å². The molecule has 2 aliphatic heterocycles. The van der Waals surface area contributed by atoms with Gasteiger partial charge in [-0.3, -0.25) is 34.3 Å². The first kappa shape index (κ1) is 39.2. The fraction of sp³-hybridized carbons (Fsp3) is 0.439. The number of fused-ring (bicyclic) bond motifs is 1. The number of hydrogen-bond donors (Lipinski definition) is 3. The molecule has 2 aromatic carbocycles. The van der Waals surface area contributed by atoms with E-state index in [-0.39, 0.29) is 42.7 Å². The van der Waals surface area contributed by atoms with Crippen LogP contribution in [0.3, 0.4) is 0 Å². The lowest BCUT2D eigenvalue weighted by atomic mass is 10.2. The third-order valence-electron chi connectivity index (χ3n) is 10.8. The maximum Gasteiger partial charge on any atom is 0.328 e. The Kier molecular flexibility index (Phi) is 12.3. The van der Waals surface area contributed by atoms with Crippen molar-refractivity contribution in [1.29, 1.82) is 0 Å². The van der Waals surface area contributed by atoms with E-state index in [1.807, 2.05) is 23.1 Å².